The van der Waals surface area contributed by atoms with Gasteiger partial charge in [-0.3, -0.25) is 14.8 Å². The number of nitrogens with one attached hydrogen (secondary N) is 1. The first-order valence-corrected chi connectivity index (χ1v) is 7.24. The molecule has 0 aromatic carbocycles. The number of rotatable bonds is 4. The van der Waals surface area contributed by atoms with Crippen molar-refractivity contribution in [2.75, 3.05) is 5.32 Å². The summed E-state index contributed by atoms with van der Waals surface area (Å²) in [5.41, 5.74) is 4.41. The number of anilines is 1. The molecule has 0 aliphatic rings. The number of pyridine rings is 2. The van der Waals surface area contributed by atoms with E-state index in [0.717, 1.165) is 29.1 Å². The molecule has 0 fully saturated rings. The largest absolute Gasteiger partial charge is 0.321 e. The maximum atomic E-state index is 12.3. The normalized spacial score (nSPS) is 10.7. The minimum absolute atomic E-state index is 0.132. The Bertz CT molecular complexity index is 650. The van der Waals surface area contributed by atoms with Crippen molar-refractivity contribution in [3.05, 3.63) is 53.1 Å². The molecular weight excluding hydrogens is 262 g/mol. The standard InChI is InChI=1S/C17H21N3O/c1-5-13-8-15(10-19-12(13)4)20-17(21)14-6-7-18-16(9-14)11(2)3/h6-11H,5H2,1-4H3,(H,20,21). The fraction of sp³-hybridized carbons (Fsp3) is 0.353. The third-order valence-electron chi connectivity index (χ3n) is 3.47. The summed E-state index contributed by atoms with van der Waals surface area (Å²) in [5.74, 6) is 0.164. The van der Waals surface area contributed by atoms with Gasteiger partial charge in [-0.05, 0) is 43.0 Å². The van der Waals surface area contributed by atoms with Crippen LogP contribution in [0.1, 0.15) is 54.0 Å². The van der Waals surface area contributed by atoms with Crippen LogP contribution in [0.3, 0.4) is 0 Å². The molecule has 4 heteroatoms. The predicted octanol–water partition coefficient (Wildman–Crippen LogP) is 3.72. The van der Waals surface area contributed by atoms with E-state index in [2.05, 4.69) is 36.1 Å². The van der Waals surface area contributed by atoms with Crippen LogP contribution in [0.25, 0.3) is 0 Å². The van der Waals surface area contributed by atoms with Crippen molar-refractivity contribution in [3.63, 3.8) is 0 Å². The molecule has 2 heterocycles. The summed E-state index contributed by atoms with van der Waals surface area (Å²) in [6, 6.07) is 5.54. The van der Waals surface area contributed by atoms with E-state index < -0.39 is 0 Å². The SMILES string of the molecule is CCc1cc(NC(=O)c2ccnc(C(C)C)c2)cnc1C. The van der Waals surface area contributed by atoms with Crippen LogP contribution >= 0.6 is 0 Å². The highest BCUT2D eigenvalue weighted by atomic mass is 16.1. The summed E-state index contributed by atoms with van der Waals surface area (Å²) >= 11 is 0. The van der Waals surface area contributed by atoms with Crippen LogP contribution in [0.15, 0.2) is 30.6 Å². The number of carbonyl (C=O) groups excluding carboxylic acids is 1. The van der Waals surface area contributed by atoms with E-state index in [1.165, 1.54) is 0 Å². The Morgan fingerprint density at radius 3 is 2.71 bits per heavy atom. The van der Waals surface area contributed by atoms with Crippen LogP contribution in [-0.2, 0) is 6.42 Å². The summed E-state index contributed by atoms with van der Waals surface area (Å²) in [7, 11) is 0. The van der Waals surface area contributed by atoms with Crippen molar-refractivity contribution < 1.29 is 4.79 Å². The smallest absolute Gasteiger partial charge is 0.255 e. The second kappa shape index (κ2) is 6.48. The van der Waals surface area contributed by atoms with E-state index in [4.69, 9.17) is 0 Å². The number of amides is 1. The van der Waals surface area contributed by atoms with Gasteiger partial charge in [-0.25, -0.2) is 0 Å². The Kier molecular flexibility index (Phi) is 4.68. The highest BCUT2D eigenvalue weighted by Crippen LogP contribution is 2.16. The van der Waals surface area contributed by atoms with Crippen molar-refractivity contribution in [2.24, 2.45) is 0 Å². The van der Waals surface area contributed by atoms with E-state index in [0.29, 0.717) is 11.5 Å². The molecule has 0 saturated carbocycles. The zero-order chi connectivity index (χ0) is 15.4. The molecule has 0 aliphatic carbocycles. The van der Waals surface area contributed by atoms with Gasteiger partial charge >= 0.3 is 0 Å². The molecule has 2 rings (SSSR count). The molecule has 0 radical (unpaired) electrons. The first-order valence-electron chi connectivity index (χ1n) is 7.24. The highest BCUT2D eigenvalue weighted by Gasteiger charge is 2.10. The maximum Gasteiger partial charge on any atom is 0.255 e. The van der Waals surface area contributed by atoms with Crippen molar-refractivity contribution in [1.29, 1.82) is 0 Å². The van der Waals surface area contributed by atoms with Gasteiger partial charge in [0.05, 0.1) is 11.9 Å². The number of aryl methyl sites for hydroxylation is 2. The van der Waals surface area contributed by atoms with Crippen LogP contribution in [0.4, 0.5) is 5.69 Å². The summed E-state index contributed by atoms with van der Waals surface area (Å²) in [4.78, 5) is 20.9. The third kappa shape index (κ3) is 3.66. The first kappa shape index (κ1) is 15.2. The molecule has 110 valence electrons. The van der Waals surface area contributed by atoms with E-state index in [1.54, 1.807) is 18.5 Å². The van der Waals surface area contributed by atoms with Gasteiger partial charge in [-0.15, -0.1) is 0 Å². The van der Waals surface area contributed by atoms with Crippen LogP contribution in [0.2, 0.25) is 0 Å². The van der Waals surface area contributed by atoms with Gasteiger partial charge in [-0.1, -0.05) is 20.8 Å². The number of hydrogen-bond acceptors (Lipinski definition) is 3. The minimum atomic E-state index is -0.132. The second-order valence-electron chi connectivity index (χ2n) is 5.40. The van der Waals surface area contributed by atoms with Crippen LogP contribution in [0, 0.1) is 6.92 Å². The fourth-order valence-electron chi connectivity index (χ4n) is 2.11. The van der Waals surface area contributed by atoms with Crippen LogP contribution in [0.5, 0.6) is 0 Å². The lowest BCUT2D eigenvalue weighted by Gasteiger charge is -2.10. The van der Waals surface area contributed by atoms with E-state index in [9.17, 15) is 4.79 Å². The van der Waals surface area contributed by atoms with E-state index in [1.807, 2.05) is 19.1 Å². The Labute approximate surface area is 125 Å². The number of aromatic nitrogens is 2. The average molecular weight is 283 g/mol. The van der Waals surface area contributed by atoms with Gasteiger partial charge in [0.15, 0.2) is 0 Å². The van der Waals surface area contributed by atoms with Gasteiger partial charge < -0.3 is 5.32 Å². The third-order valence-corrected chi connectivity index (χ3v) is 3.47. The molecule has 0 spiro atoms. The number of hydrogen-bond donors (Lipinski definition) is 1. The average Bonchev–Trinajstić information content (AvgIpc) is 2.49. The minimum Gasteiger partial charge on any atom is -0.321 e. The quantitative estimate of drug-likeness (QED) is 0.930. The van der Waals surface area contributed by atoms with Crippen molar-refractivity contribution in [1.82, 2.24) is 9.97 Å². The molecule has 2 aromatic heterocycles. The lowest BCUT2D eigenvalue weighted by Crippen LogP contribution is -2.13. The van der Waals surface area contributed by atoms with E-state index in [-0.39, 0.29) is 5.91 Å². The van der Waals surface area contributed by atoms with E-state index >= 15 is 0 Å². The Morgan fingerprint density at radius 2 is 2.05 bits per heavy atom. The Morgan fingerprint density at radius 1 is 1.29 bits per heavy atom. The van der Waals surface area contributed by atoms with Gasteiger partial charge in [0, 0.05) is 23.1 Å². The van der Waals surface area contributed by atoms with Gasteiger partial charge in [0.2, 0.25) is 0 Å². The molecule has 1 N–H and O–H groups in total. The number of nitrogens with zero attached hydrogens (tertiary/aromatic N) is 2. The second-order valence-corrected chi connectivity index (χ2v) is 5.40. The van der Waals surface area contributed by atoms with Gasteiger partial charge in [-0.2, -0.15) is 0 Å². The predicted molar refractivity (Wildman–Crippen MR) is 84.6 cm³/mol. The molecule has 1 amide bonds. The lowest BCUT2D eigenvalue weighted by atomic mass is 10.1. The zero-order valence-electron chi connectivity index (χ0n) is 13.0. The van der Waals surface area contributed by atoms with Crippen LogP contribution < -0.4 is 5.32 Å². The molecule has 0 saturated heterocycles. The summed E-state index contributed by atoms with van der Waals surface area (Å²) in [6.07, 6.45) is 4.27. The topological polar surface area (TPSA) is 54.9 Å². The highest BCUT2D eigenvalue weighted by molar-refractivity contribution is 6.04. The van der Waals surface area contributed by atoms with Crippen molar-refractivity contribution in [2.45, 2.75) is 40.0 Å². The number of carbonyl (C=O) groups is 1. The fourth-order valence-corrected chi connectivity index (χ4v) is 2.11. The molecule has 21 heavy (non-hydrogen) atoms. The monoisotopic (exact) mass is 283 g/mol. The molecule has 2 aromatic rings. The Balaban J connectivity index is 2.20. The molecule has 0 atom stereocenters. The maximum absolute atomic E-state index is 12.3. The van der Waals surface area contributed by atoms with Crippen molar-refractivity contribution in [3.8, 4) is 0 Å². The van der Waals surface area contributed by atoms with Gasteiger partial charge in [0.25, 0.3) is 5.91 Å². The zero-order valence-corrected chi connectivity index (χ0v) is 13.0. The van der Waals surface area contributed by atoms with Crippen LogP contribution in [-0.4, -0.2) is 15.9 Å². The summed E-state index contributed by atoms with van der Waals surface area (Å²) in [6.45, 7) is 8.17. The molecule has 0 bridgehead atoms. The van der Waals surface area contributed by atoms with Gasteiger partial charge in [0.1, 0.15) is 0 Å². The molecule has 4 nitrogen and oxygen atoms in total. The lowest BCUT2D eigenvalue weighted by molar-refractivity contribution is 0.102. The molecular formula is C17H21N3O. The van der Waals surface area contributed by atoms with Crippen molar-refractivity contribution >= 4 is 11.6 Å². The molecule has 0 unspecified atom stereocenters. The summed E-state index contributed by atoms with van der Waals surface area (Å²) in [5, 5.41) is 2.90. The summed E-state index contributed by atoms with van der Waals surface area (Å²) < 4.78 is 0. The molecule has 0 aliphatic heterocycles. The first-order chi connectivity index (χ1) is 10.0. The Hall–Kier alpha value is -2.23.